The van der Waals surface area contributed by atoms with Gasteiger partial charge in [-0.1, -0.05) is 38.5 Å². The zero-order chi connectivity index (χ0) is 28.6. The minimum atomic E-state index is -4.74. The number of H-pyrrole nitrogens is 1. The van der Waals surface area contributed by atoms with Crippen molar-refractivity contribution in [3.63, 3.8) is 0 Å². The Bertz CT molecular complexity index is 1500. The normalized spacial score (nSPS) is 13.1. The lowest BCUT2D eigenvalue weighted by molar-refractivity contribution is -0.138. The zero-order valence-electron chi connectivity index (χ0n) is 21.4. The van der Waals surface area contributed by atoms with E-state index in [4.69, 9.17) is 10.5 Å². The number of rotatable bonds is 2. The molecule has 3 N–H and O–H groups in total. The first kappa shape index (κ1) is 29.3. The van der Waals surface area contributed by atoms with Crippen LogP contribution in [-0.2, 0) is 13.2 Å². The highest BCUT2D eigenvalue weighted by Crippen LogP contribution is 2.29. The summed E-state index contributed by atoms with van der Waals surface area (Å²) < 4.78 is 56.6. The van der Waals surface area contributed by atoms with Crippen molar-refractivity contribution in [1.29, 1.82) is 0 Å². The number of benzene rings is 1. The molecule has 39 heavy (non-hydrogen) atoms. The molecule has 1 aliphatic rings. The molecule has 5 rings (SSSR count). The number of aromatic nitrogens is 5. The van der Waals surface area contributed by atoms with Crippen LogP contribution < -0.4 is 21.6 Å². The van der Waals surface area contributed by atoms with Crippen LogP contribution in [-0.4, -0.2) is 31.8 Å². The highest BCUT2D eigenvalue weighted by Gasteiger charge is 2.36. The Hall–Kier alpha value is -4.29. The number of nitrogens with one attached hydrogen (secondary N) is 1. The number of ether oxygens (including phenoxy) is 1. The highest BCUT2D eigenvalue weighted by molar-refractivity contribution is 5.85. The van der Waals surface area contributed by atoms with E-state index in [1.54, 1.807) is 30.5 Å². The number of anilines is 1. The predicted molar refractivity (Wildman–Crippen MR) is 139 cm³/mol. The van der Waals surface area contributed by atoms with Gasteiger partial charge in [-0.25, -0.2) is 19.5 Å². The number of fused-ring (bicyclic) bond motifs is 1. The van der Waals surface area contributed by atoms with Crippen molar-refractivity contribution in [1.82, 2.24) is 24.7 Å². The van der Waals surface area contributed by atoms with E-state index < -0.39 is 28.8 Å². The van der Waals surface area contributed by atoms with Crippen LogP contribution in [0.15, 0.2) is 52.6 Å². The molecule has 0 radical (unpaired) electrons. The van der Waals surface area contributed by atoms with Crippen molar-refractivity contribution >= 4 is 16.5 Å². The fourth-order valence-corrected chi connectivity index (χ4v) is 3.86. The Morgan fingerprint density at radius 1 is 1.00 bits per heavy atom. The monoisotopic (exact) mass is 548 g/mol. The van der Waals surface area contributed by atoms with Gasteiger partial charge < -0.3 is 15.0 Å². The second-order valence-corrected chi connectivity index (χ2v) is 8.75. The Kier molecular flexibility index (Phi) is 9.74. The van der Waals surface area contributed by atoms with E-state index in [0.29, 0.717) is 16.5 Å². The lowest BCUT2D eigenvalue weighted by Crippen LogP contribution is -2.24. The third kappa shape index (κ3) is 7.62. The number of alkyl halides is 3. The van der Waals surface area contributed by atoms with E-state index in [9.17, 15) is 27.2 Å². The molecule has 208 valence electrons. The number of pyridine rings is 1. The van der Waals surface area contributed by atoms with E-state index in [1.165, 1.54) is 68.7 Å². The molecule has 1 fully saturated rings. The van der Waals surface area contributed by atoms with Crippen molar-refractivity contribution < 1.29 is 22.3 Å². The number of aryl methyl sites for hydroxylation is 1. The van der Waals surface area contributed by atoms with Crippen LogP contribution in [0.1, 0.15) is 44.1 Å². The van der Waals surface area contributed by atoms with Crippen LogP contribution in [0.5, 0.6) is 5.75 Å². The van der Waals surface area contributed by atoms with E-state index in [2.05, 4.69) is 15.1 Å². The van der Waals surface area contributed by atoms with Crippen LogP contribution in [0.25, 0.3) is 22.2 Å². The fourth-order valence-electron chi connectivity index (χ4n) is 3.86. The molecule has 0 saturated heterocycles. The van der Waals surface area contributed by atoms with E-state index in [1.807, 2.05) is 0 Å². The fraction of sp³-hybridized carbons (Fsp3) is 0.346. The Labute approximate surface area is 220 Å². The molecule has 0 atom stereocenters. The molecule has 0 aliphatic heterocycles. The second kappa shape index (κ2) is 13.0. The second-order valence-electron chi connectivity index (χ2n) is 8.75. The third-order valence-electron chi connectivity index (χ3n) is 5.94. The summed E-state index contributed by atoms with van der Waals surface area (Å²) in [5, 5.41) is 5.71. The van der Waals surface area contributed by atoms with Crippen molar-refractivity contribution in [2.75, 3.05) is 12.8 Å². The molecule has 1 aromatic carbocycles. The van der Waals surface area contributed by atoms with Crippen LogP contribution in [0, 0.1) is 5.82 Å². The average molecular weight is 549 g/mol. The molecule has 1 saturated carbocycles. The molecule has 0 amide bonds. The highest BCUT2D eigenvalue weighted by atomic mass is 19.4. The van der Waals surface area contributed by atoms with Crippen LogP contribution in [0.4, 0.5) is 23.2 Å². The predicted octanol–water partition coefficient (Wildman–Crippen LogP) is 4.85. The first-order chi connectivity index (χ1) is 18.5. The minimum absolute atomic E-state index is 0.242. The third-order valence-corrected chi connectivity index (χ3v) is 5.94. The Morgan fingerprint density at radius 3 is 2.08 bits per heavy atom. The molecule has 0 spiro atoms. The number of methoxy groups -OCH3 is 1. The van der Waals surface area contributed by atoms with Crippen molar-refractivity contribution in [3.8, 4) is 17.1 Å². The van der Waals surface area contributed by atoms with Crippen molar-refractivity contribution in [2.24, 2.45) is 7.05 Å². The molecule has 1 aliphatic carbocycles. The Balaban J connectivity index is 0.000000195. The summed E-state index contributed by atoms with van der Waals surface area (Å²) in [6, 6.07) is 4.55. The summed E-state index contributed by atoms with van der Waals surface area (Å²) in [5.74, 6) is 0.209. The molecule has 3 aromatic heterocycles. The Morgan fingerprint density at radius 2 is 1.59 bits per heavy atom. The summed E-state index contributed by atoms with van der Waals surface area (Å²) in [7, 11) is 3.13. The van der Waals surface area contributed by atoms with E-state index in [-0.39, 0.29) is 16.9 Å². The topological polar surface area (TPSA) is 129 Å². The lowest BCUT2D eigenvalue weighted by Gasteiger charge is -2.06. The van der Waals surface area contributed by atoms with Gasteiger partial charge in [0, 0.05) is 13.2 Å². The number of nitrogen functional groups attached to an aromatic ring is 1. The number of hydrogen-bond donors (Lipinski definition) is 2. The average Bonchev–Trinajstić information content (AvgIpc) is 2.92. The van der Waals surface area contributed by atoms with Gasteiger partial charge in [-0.05, 0) is 23.6 Å². The quantitative estimate of drug-likeness (QED) is 0.343. The van der Waals surface area contributed by atoms with Gasteiger partial charge in [0.2, 0.25) is 0 Å². The maximum absolute atomic E-state index is 14.2. The summed E-state index contributed by atoms with van der Waals surface area (Å²) in [5.41, 5.74) is 1.50. The van der Waals surface area contributed by atoms with Gasteiger partial charge in [0.1, 0.15) is 11.4 Å². The van der Waals surface area contributed by atoms with Crippen molar-refractivity contribution in [3.05, 3.63) is 75.1 Å². The van der Waals surface area contributed by atoms with E-state index in [0.717, 1.165) is 6.20 Å². The standard InChI is InChI=1S/C15H12FN3O2.C6H12.C5H4F3N3O/c1-19-4-3-9-5-12(13(16)6-11(9)15(19)20)14-17-7-10(21-2)8-18-14;1-2-4-6-5-3-1;6-5(7,8)3-2(9)1-10-11-4(3)12/h3-8H,1-2H3;1-6H2;1H,(H3,9,11,12). The largest absolute Gasteiger partial charge is 0.494 e. The van der Waals surface area contributed by atoms with E-state index >= 15 is 0 Å². The molecule has 3 heterocycles. The first-order valence-electron chi connectivity index (χ1n) is 12.1. The van der Waals surface area contributed by atoms with Gasteiger partial charge in [-0.3, -0.25) is 9.59 Å². The van der Waals surface area contributed by atoms with Crippen molar-refractivity contribution in [2.45, 2.75) is 44.7 Å². The number of hydrogen-bond acceptors (Lipinski definition) is 7. The summed E-state index contributed by atoms with van der Waals surface area (Å²) >= 11 is 0. The number of halogens is 4. The molecular formula is C26H28F4N6O3. The van der Waals surface area contributed by atoms with Gasteiger partial charge in [-0.2, -0.15) is 18.3 Å². The molecular weight excluding hydrogens is 520 g/mol. The summed E-state index contributed by atoms with van der Waals surface area (Å²) in [6.07, 6.45) is 9.58. The number of aromatic amines is 1. The molecule has 0 unspecified atom stereocenters. The lowest BCUT2D eigenvalue weighted by atomic mass is 10.0. The van der Waals surface area contributed by atoms with Gasteiger partial charge in [0.15, 0.2) is 11.6 Å². The summed E-state index contributed by atoms with van der Waals surface area (Å²) in [4.78, 5) is 30.7. The number of nitrogens with zero attached hydrogens (tertiary/aromatic N) is 4. The van der Waals surface area contributed by atoms with Crippen LogP contribution >= 0.6 is 0 Å². The minimum Gasteiger partial charge on any atom is -0.494 e. The zero-order valence-corrected chi connectivity index (χ0v) is 21.4. The molecule has 4 aromatic rings. The smallest absolute Gasteiger partial charge is 0.423 e. The summed E-state index contributed by atoms with van der Waals surface area (Å²) in [6.45, 7) is 0. The van der Waals surface area contributed by atoms with Gasteiger partial charge in [-0.15, -0.1) is 0 Å². The molecule has 0 bridgehead atoms. The number of nitrogens with two attached hydrogens (primary N) is 1. The first-order valence-corrected chi connectivity index (χ1v) is 12.1. The maximum Gasteiger partial charge on any atom is 0.423 e. The SMILES string of the molecule is C1CCCCC1.COc1cnc(-c2cc3ccn(C)c(=O)c3cc2F)nc1.Nc1cn[nH]c(=O)c1C(F)(F)F. The molecule has 13 heteroatoms. The van der Waals surface area contributed by atoms with Gasteiger partial charge in [0.25, 0.3) is 11.1 Å². The molecule has 9 nitrogen and oxygen atoms in total. The van der Waals surface area contributed by atoms with Crippen LogP contribution in [0.3, 0.4) is 0 Å². The van der Waals surface area contributed by atoms with Crippen LogP contribution in [0.2, 0.25) is 0 Å². The van der Waals surface area contributed by atoms with Gasteiger partial charge in [0.05, 0.1) is 42.3 Å². The maximum atomic E-state index is 14.2. The van der Waals surface area contributed by atoms with Gasteiger partial charge >= 0.3 is 6.18 Å².